The number of aliphatic hydroxyl groups excluding tert-OH is 1. The predicted molar refractivity (Wildman–Crippen MR) is 371 cm³/mol. The Kier molecular flexibility index (Phi) is 34.9. The minimum atomic E-state index is -3.96. The van der Waals surface area contributed by atoms with E-state index in [-0.39, 0.29) is 114 Å². The lowest BCUT2D eigenvalue weighted by molar-refractivity contribution is -0.133. The highest BCUT2D eigenvalue weighted by Crippen LogP contribution is 2.56. The number of phosphoric acid groups is 2. The molecular formula is C66H92F4N8O14P2S2. The van der Waals surface area contributed by atoms with Crippen molar-refractivity contribution in [2.75, 3.05) is 45.8 Å². The first-order valence-corrected chi connectivity index (χ1v) is 33.3. The lowest BCUT2D eigenvalue weighted by Gasteiger charge is -2.31. The predicted octanol–water partition coefficient (Wildman–Crippen LogP) is 16.2. The van der Waals surface area contributed by atoms with Gasteiger partial charge in [0.2, 0.25) is 11.8 Å². The first-order chi connectivity index (χ1) is 43.8. The second-order valence-corrected chi connectivity index (χ2v) is 28.7. The zero-order chi connectivity index (χ0) is 70.2. The molecule has 6 aromatic rings. The number of ether oxygens (including phenoxy) is 1. The molecule has 22 nitrogen and oxygen atoms in total. The first kappa shape index (κ1) is 85.6. The third-order valence-electron chi connectivity index (χ3n) is 13.0. The van der Waals surface area contributed by atoms with Gasteiger partial charge < -0.3 is 19.6 Å². The summed E-state index contributed by atoms with van der Waals surface area (Å²) >= 11 is 0. The van der Waals surface area contributed by atoms with Gasteiger partial charge in [0.25, 0.3) is 5.91 Å². The van der Waals surface area contributed by atoms with Crippen molar-refractivity contribution >= 4 is 93.8 Å². The number of pyridine rings is 2. The number of hydrogen-bond donors (Lipinski definition) is 2. The second kappa shape index (κ2) is 39.2. The molecule has 30 heteroatoms. The van der Waals surface area contributed by atoms with Crippen molar-refractivity contribution in [2.45, 2.75) is 169 Å². The maximum atomic E-state index is 14.2. The third kappa shape index (κ3) is 30.9. The Morgan fingerprint density at radius 1 is 0.594 bits per heavy atom. The van der Waals surface area contributed by atoms with E-state index >= 15 is 0 Å². The van der Waals surface area contributed by atoms with Gasteiger partial charge >= 0.3 is 21.7 Å². The number of fused-ring (bicyclic) bond motifs is 2. The molecule has 6 rings (SSSR count). The van der Waals surface area contributed by atoms with E-state index in [2.05, 4.69) is 25.3 Å². The molecule has 0 aliphatic rings. The molecule has 0 aliphatic carbocycles. The van der Waals surface area contributed by atoms with Gasteiger partial charge in [0.05, 0.1) is 54.3 Å². The van der Waals surface area contributed by atoms with Crippen molar-refractivity contribution in [2.24, 2.45) is 5.11 Å². The SMILES string of the molecule is CN(C(=O)CCc1cccc(F)c1F)[C@@H](CCCOP(=O)(OC(C)(C)C)OC(C)(C)C)COC(=O)Nc1cc2ccccc2cn1.CN(C(=O)CCc1cccc(F)c1F)[C@H](CO)CCCOP(=O)(OC(C)(C)C)OC(C)(C)C.S.S.[N-]=[N+]=NC(=O)c1cc2ccccc2cn1. The molecule has 0 saturated carbocycles. The fourth-order valence-corrected chi connectivity index (χ4v) is 12.4. The van der Waals surface area contributed by atoms with Crippen LogP contribution in [0.25, 0.3) is 32.0 Å². The van der Waals surface area contributed by atoms with E-state index in [0.29, 0.717) is 25.1 Å². The van der Waals surface area contributed by atoms with E-state index in [9.17, 15) is 51.0 Å². The van der Waals surface area contributed by atoms with E-state index in [0.717, 1.165) is 33.7 Å². The van der Waals surface area contributed by atoms with E-state index in [4.69, 9.17) is 37.4 Å². The summed E-state index contributed by atoms with van der Waals surface area (Å²) < 4.78 is 120. The molecule has 0 fully saturated rings. The van der Waals surface area contributed by atoms with Crippen LogP contribution in [0.1, 0.15) is 143 Å². The Hall–Kier alpha value is -6.51. The zero-order valence-corrected chi connectivity index (χ0v) is 60.6. The number of nitrogens with one attached hydrogen (secondary N) is 1. The van der Waals surface area contributed by atoms with Crippen LogP contribution in [0, 0.1) is 23.3 Å². The Balaban J connectivity index is 0.000000544. The smallest absolute Gasteiger partial charge is 0.447 e. The van der Waals surface area contributed by atoms with Crippen LogP contribution in [0.4, 0.5) is 28.2 Å². The zero-order valence-electron chi connectivity index (χ0n) is 56.8. The van der Waals surface area contributed by atoms with Crippen LogP contribution in [-0.4, -0.2) is 124 Å². The summed E-state index contributed by atoms with van der Waals surface area (Å²) in [6.45, 7) is 20.4. The van der Waals surface area contributed by atoms with Gasteiger partial charge in [-0.25, -0.2) is 36.5 Å². The number of carbonyl (C=O) groups excluding carboxylic acids is 4. The average Bonchev–Trinajstić information content (AvgIpc) is 0.878. The number of hydrogen-bond acceptors (Lipinski definition) is 16. The van der Waals surface area contributed by atoms with Gasteiger partial charge in [0, 0.05) is 55.0 Å². The van der Waals surface area contributed by atoms with Gasteiger partial charge in [-0.1, -0.05) is 72.8 Å². The molecule has 96 heavy (non-hydrogen) atoms. The van der Waals surface area contributed by atoms with Gasteiger partial charge in [0.15, 0.2) is 23.3 Å². The molecule has 530 valence electrons. The summed E-state index contributed by atoms with van der Waals surface area (Å²) in [5.41, 5.74) is 5.38. The number of halogens is 4. The summed E-state index contributed by atoms with van der Waals surface area (Å²) in [6.07, 6.45) is 3.66. The first-order valence-electron chi connectivity index (χ1n) is 30.4. The maximum absolute atomic E-state index is 14.2. The Bertz CT molecular complexity index is 3620. The topological polar surface area (TPSA) is 280 Å². The molecular weight excluding hydrogens is 1330 g/mol. The van der Waals surface area contributed by atoms with Crippen LogP contribution in [0.3, 0.4) is 0 Å². The Morgan fingerprint density at radius 2 is 0.990 bits per heavy atom. The number of carbonyl (C=O) groups is 4. The normalized spacial score (nSPS) is 12.4. The van der Waals surface area contributed by atoms with Gasteiger partial charge in [-0.3, -0.25) is 51.8 Å². The summed E-state index contributed by atoms with van der Waals surface area (Å²) in [4.78, 5) is 62.9. The fraction of sp³-hybridized carbons (Fsp3) is 0.485. The molecule has 0 saturated heterocycles. The minimum Gasteiger partial charge on any atom is -0.447 e. The van der Waals surface area contributed by atoms with Crippen molar-refractivity contribution in [3.8, 4) is 0 Å². The van der Waals surface area contributed by atoms with E-state index < -0.39 is 85.4 Å². The van der Waals surface area contributed by atoms with Crippen LogP contribution in [0.5, 0.6) is 0 Å². The highest BCUT2D eigenvalue weighted by molar-refractivity contribution is 7.59. The summed E-state index contributed by atoms with van der Waals surface area (Å²) in [5, 5.41) is 18.9. The summed E-state index contributed by atoms with van der Waals surface area (Å²) in [5.74, 6) is -4.93. The van der Waals surface area contributed by atoms with Crippen LogP contribution in [-0.2, 0) is 63.4 Å². The van der Waals surface area contributed by atoms with Crippen LogP contribution < -0.4 is 5.32 Å². The number of aryl methyl sites for hydroxylation is 2. The number of rotatable bonds is 27. The average molecular weight is 1420 g/mol. The van der Waals surface area contributed by atoms with Gasteiger partial charge in [0.1, 0.15) is 18.1 Å². The second-order valence-electron chi connectivity index (χ2n) is 25.6. The van der Waals surface area contributed by atoms with Crippen LogP contribution >= 0.6 is 42.6 Å². The molecule has 4 amide bonds. The molecule has 0 radical (unpaired) electrons. The molecule has 2 atom stereocenters. The molecule has 2 heterocycles. The van der Waals surface area contributed by atoms with Crippen LogP contribution in [0.15, 0.2) is 115 Å². The standard InChI is InChI=1S/C33H44F2N3O7P.C23H38F2NO6P.C10H6N4O.2H2S/c1-32(2,3)44-46(41,45-33(4,5)6)43-19-11-15-26(38(7)29(39)18-17-23-14-10-16-27(34)30(23)35)22-42-31(40)37-28-20-24-12-8-9-13-25(24)21-36-28;1-22(2,3)31-33(29,32-23(4,5)6)30-15-9-11-18(16-27)26(7)20(28)14-13-17-10-8-12-19(24)21(17)25;11-14-13-10(15)9-5-7-3-1-2-4-8(7)6-12-9;;/h8-10,12-14,16,20-21,26H,11,15,17-19,22H2,1-7H3,(H,36,37,40);8,10,12,18,27H,9,11,13-16H2,1-7H3;1-6H;2*1H2/t26-;18-;;;/m00.../s1. The van der Waals surface area contributed by atoms with Gasteiger partial charge in [-0.05, 0) is 178 Å². The van der Waals surface area contributed by atoms with Crippen molar-refractivity contribution < 1.29 is 82.9 Å². The van der Waals surface area contributed by atoms with Crippen LogP contribution in [0.2, 0.25) is 0 Å². The van der Waals surface area contributed by atoms with Crippen molar-refractivity contribution in [1.82, 2.24) is 19.8 Å². The number of aliphatic hydroxyl groups is 1. The van der Waals surface area contributed by atoms with Crippen molar-refractivity contribution in [3.63, 3.8) is 0 Å². The molecule has 0 spiro atoms. The van der Waals surface area contributed by atoms with Gasteiger partial charge in [-0.15, -0.1) is 0 Å². The van der Waals surface area contributed by atoms with Crippen molar-refractivity contribution in [3.05, 3.63) is 160 Å². The maximum Gasteiger partial charge on any atom is 0.475 e. The number of benzene rings is 4. The van der Waals surface area contributed by atoms with Crippen molar-refractivity contribution in [1.29, 1.82) is 0 Å². The Labute approximate surface area is 573 Å². The Morgan fingerprint density at radius 3 is 1.41 bits per heavy atom. The number of anilines is 1. The summed E-state index contributed by atoms with van der Waals surface area (Å²) in [7, 11) is -4.71. The van der Waals surface area contributed by atoms with E-state index in [1.165, 1.54) is 41.1 Å². The molecule has 4 aromatic carbocycles. The highest BCUT2D eigenvalue weighted by atomic mass is 32.1. The number of nitrogens with zero attached hydrogens (tertiary/aromatic N) is 7. The largest absolute Gasteiger partial charge is 0.475 e. The molecule has 0 bridgehead atoms. The number of phosphoric ester groups is 2. The van der Waals surface area contributed by atoms with Gasteiger partial charge in [-0.2, -0.15) is 27.0 Å². The number of azide groups is 1. The third-order valence-corrected chi connectivity index (χ3v) is 17.1. The number of aromatic nitrogens is 2. The lowest BCUT2D eigenvalue weighted by Crippen LogP contribution is -2.41. The lowest BCUT2D eigenvalue weighted by atomic mass is 10.1. The number of likely N-dealkylation sites (N-methyl/N-ethyl adjacent to an activating group) is 2. The molecule has 2 aromatic heterocycles. The fourth-order valence-electron chi connectivity index (χ4n) is 8.75. The molecule has 0 unspecified atom stereocenters. The minimum absolute atomic E-state index is 0. The quantitative estimate of drug-likeness (QED) is 0.0121. The highest BCUT2D eigenvalue weighted by Gasteiger charge is 2.39. The molecule has 0 aliphatic heterocycles. The monoisotopic (exact) mass is 1420 g/mol. The molecule has 2 N–H and O–H groups in total. The summed E-state index contributed by atoms with van der Waals surface area (Å²) in [6, 6.07) is 24.9. The van der Waals surface area contributed by atoms with E-state index in [1.54, 1.807) is 115 Å². The number of amides is 4. The van der Waals surface area contributed by atoms with E-state index in [1.807, 2.05) is 48.5 Å².